The highest BCUT2D eigenvalue weighted by molar-refractivity contribution is 5.48. The summed E-state index contributed by atoms with van der Waals surface area (Å²) in [5, 5.41) is 0. The molecule has 0 N–H and O–H groups in total. The fourth-order valence-electron chi connectivity index (χ4n) is 3.64. The highest BCUT2D eigenvalue weighted by Gasteiger charge is 2.28. The van der Waals surface area contributed by atoms with E-state index in [-0.39, 0.29) is 0 Å². The number of aryl methyl sites for hydroxylation is 1. The largest absolute Gasteiger partial charge is 0.369 e. The van der Waals surface area contributed by atoms with Gasteiger partial charge in [-0.05, 0) is 49.9 Å². The van der Waals surface area contributed by atoms with Gasteiger partial charge in [0.25, 0.3) is 0 Å². The minimum absolute atomic E-state index is 0.803. The molecule has 0 saturated carbocycles. The zero-order chi connectivity index (χ0) is 13.8. The molecule has 20 heavy (non-hydrogen) atoms. The number of nitrogens with zero attached hydrogens (tertiary/aromatic N) is 2. The number of hydrogen-bond donors (Lipinski definition) is 0. The second-order valence-corrected chi connectivity index (χ2v) is 6.40. The van der Waals surface area contributed by atoms with Crippen LogP contribution in [0, 0.1) is 0 Å². The zero-order valence-electron chi connectivity index (χ0n) is 12.9. The Morgan fingerprint density at radius 2 is 1.90 bits per heavy atom. The van der Waals surface area contributed by atoms with Crippen LogP contribution in [0.5, 0.6) is 0 Å². The maximum atomic E-state index is 2.70. The van der Waals surface area contributed by atoms with Gasteiger partial charge in [-0.2, -0.15) is 0 Å². The van der Waals surface area contributed by atoms with Crippen LogP contribution in [0.4, 0.5) is 5.69 Å². The van der Waals surface area contributed by atoms with Gasteiger partial charge in [-0.15, -0.1) is 0 Å². The van der Waals surface area contributed by atoms with Gasteiger partial charge < -0.3 is 4.90 Å². The third-order valence-corrected chi connectivity index (χ3v) is 4.96. The predicted octanol–water partition coefficient (Wildman–Crippen LogP) is 3.70. The van der Waals surface area contributed by atoms with Gasteiger partial charge in [0.2, 0.25) is 0 Å². The first-order valence-electron chi connectivity index (χ1n) is 8.45. The Hall–Kier alpha value is -1.02. The van der Waals surface area contributed by atoms with Crippen LogP contribution in [0.15, 0.2) is 24.3 Å². The molecule has 2 heterocycles. The molecule has 0 bridgehead atoms. The molecule has 2 aliphatic heterocycles. The third kappa shape index (κ3) is 3.17. The van der Waals surface area contributed by atoms with Crippen molar-refractivity contribution in [3.63, 3.8) is 0 Å². The van der Waals surface area contributed by atoms with Crippen LogP contribution < -0.4 is 4.90 Å². The summed E-state index contributed by atoms with van der Waals surface area (Å²) in [6.45, 7) is 7.27. The normalized spacial score (nSPS) is 23.6. The van der Waals surface area contributed by atoms with Gasteiger partial charge in [0.05, 0.1) is 0 Å². The Morgan fingerprint density at radius 3 is 2.70 bits per heavy atom. The maximum absolute atomic E-state index is 2.70. The molecule has 2 aliphatic rings. The molecule has 0 radical (unpaired) electrons. The molecular formula is C18H28N2. The van der Waals surface area contributed by atoms with E-state index < -0.39 is 0 Å². The van der Waals surface area contributed by atoms with E-state index in [9.17, 15) is 0 Å². The van der Waals surface area contributed by atoms with Crippen LogP contribution in [-0.4, -0.2) is 37.1 Å². The van der Waals surface area contributed by atoms with Gasteiger partial charge in [-0.3, -0.25) is 4.90 Å². The van der Waals surface area contributed by atoms with E-state index in [1.807, 2.05) is 0 Å². The molecule has 3 rings (SSSR count). The molecule has 0 aliphatic carbocycles. The minimum Gasteiger partial charge on any atom is -0.369 e. The summed E-state index contributed by atoms with van der Waals surface area (Å²) in [4.78, 5) is 5.30. The summed E-state index contributed by atoms with van der Waals surface area (Å²) in [5.74, 6) is 0. The van der Waals surface area contributed by atoms with E-state index in [1.54, 1.807) is 0 Å². The van der Waals surface area contributed by atoms with E-state index in [0.29, 0.717) is 0 Å². The van der Waals surface area contributed by atoms with Crippen molar-refractivity contribution >= 4 is 5.69 Å². The van der Waals surface area contributed by atoms with E-state index in [2.05, 4.69) is 41.0 Å². The molecule has 1 aromatic carbocycles. The van der Waals surface area contributed by atoms with Gasteiger partial charge >= 0.3 is 0 Å². The van der Waals surface area contributed by atoms with E-state index >= 15 is 0 Å². The molecule has 2 nitrogen and oxygen atoms in total. The summed E-state index contributed by atoms with van der Waals surface area (Å²) in [5.41, 5.74) is 2.92. The van der Waals surface area contributed by atoms with Crippen molar-refractivity contribution in [2.75, 3.05) is 31.1 Å². The van der Waals surface area contributed by atoms with Crippen molar-refractivity contribution in [3.05, 3.63) is 29.8 Å². The van der Waals surface area contributed by atoms with Gasteiger partial charge in [-0.25, -0.2) is 0 Å². The number of fused-ring (bicyclic) bond motifs is 1. The number of piperazine rings is 1. The number of unbranched alkanes of at least 4 members (excludes halogenated alkanes) is 1. The van der Waals surface area contributed by atoms with Crippen molar-refractivity contribution in [3.8, 4) is 0 Å². The number of hydrogen-bond acceptors (Lipinski definition) is 2. The van der Waals surface area contributed by atoms with Crippen molar-refractivity contribution < 1.29 is 0 Å². The molecular weight excluding hydrogens is 244 g/mol. The average molecular weight is 272 g/mol. The molecule has 1 aromatic rings. The van der Waals surface area contributed by atoms with Gasteiger partial charge in [0.1, 0.15) is 0 Å². The van der Waals surface area contributed by atoms with Crippen molar-refractivity contribution in [1.82, 2.24) is 4.90 Å². The van der Waals surface area contributed by atoms with Crippen LogP contribution in [0.3, 0.4) is 0 Å². The fourth-order valence-corrected chi connectivity index (χ4v) is 3.64. The number of rotatable bonds is 4. The molecule has 2 saturated heterocycles. The summed E-state index contributed by atoms with van der Waals surface area (Å²) >= 11 is 0. The highest BCUT2D eigenvalue weighted by atomic mass is 15.3. The second kappa shape index (κ2) is 6.62. The lowest BCUT2D eigenvalue weighted by atomic mass is 9.99. The summed E-state index contributed by atoms with van der Waals surface area (Å²) < 4.78 is 0. The standard InChI is InChI=1S/C18H28N2/c1-2-3-6-16-8-10-17(11-9-16)20-14-13-19-12-5-4-7-18(19)15-20/h8-11,18H,2-7,12-15H2,1H3. The van der Waals surface area contributed by atoms with Crippen LogP contribution in [-0.2, 0) is 6.42 Å². The minimum atomic E-state index is 0.803. The first kappa shape index (κ1) is 13.9. The smallest absolute Gasteiger partial charge is 0.0367 e. The Morgan fingerprint density at radius 1 is 1.05 bits per heavy atom. The lowest BCUT2D eigenvalue weighted by Gasteiger charge is -2.45. The second-order valence-electron chi connectivity index (χ2n) is 6.40. The summed E-state index contributed by atoms with van der Waals surface area (Å²) in [7, 11) is 0. The molecule has 0 spiro atoms. The number of benzene rings is 1. The molecule has 1 atom stereocenters. The van der Waals surface area contributed by atoms with Gasteiger partial charge in [0.15, 0.2) is 0 Å². The van der Waals surface area contributed by atoms with Gasteiger partial charge in [-0.1, -0.05) is 31.9 Å². The number of piperidine rings is 1. The first-order chi connectivity index (χ1) is 9.86. The highest BCUT2D eigenvalue weighted by Crippen LogP contribution is 2.25. The third-order valence-electron chi connectivity index (χ3n) is 4.96. The van der Waals surface area contributed by atoms with E-state index in [1.165, 1.54) is 76.0 Å². The van der Waals surface area contributed by atoms with Gasteiger partial charge in [0, 0.05) is 31.4 Å². The molecule has 0 amide bonds. The zero-order valence-corrected chi connectivity index (χ0v) is 12.9. The van der Waals surface area contributed by atoms with E-state index in [4.69, 9.17) is 0 Å². The topological polar surface area (TPSA) is 6.48 Å². The van der Waals surface area contributed by atoms with Crippen LogP contribution in [0.25, 0.3) is 0 Å². The van der Waals surface area contributed by atoms with E-state index in [0.717, 1.165) is 6.04 Å². The average Bonchev–Trinajstić information content (AvgIpc) is 2.53. The van der Waals surface area contributed by atoms with Crippen LogP contribution >= 0.6 is 0 Å². The van der Waals surface area contributed by atoms with Crippen LogP contribution in [0.2, 0.25) is 0 Å². The van der Waals surface area contributed by atoms with Crippen molar-refractivity contribution in [2.45, 2.75) is 51.5 Å². The quantitative estimate of drug-likeness (QED) is 0.824. The molecule has 2 fully saturated rings. The fraction of sp³-hybridized carbons (Fsp3) is 0.667. The lowest BCUT2D eigenvalue weighted by Crippen LogP contribution is -2.54. The Kier molecular flexibility index (Phi) is 4.62. The monoisotopic (exact) mass is 272 g/mol. The predicted molar refractivity (Wildman–Crippen MR) is 86.5 cm³/mol. The van der Waals surface area contributed by atoms with Crippen LogP contribution in [0.1, 0.15) is 44.6 Å². The maximum Gasteiger partial charge on any atom is 0.0367 e. The van der Waals surface area contributed by atoms with Crippen molar-refractivity contribution in [1.29, 1.82) is 0 Å². The molecule has 110 valence electrons. The summed E-state index contributed by atoms with van der Waals surface area (Å²) in [6, 6.07) is 10.1. The van der Waals surface area contributed by atoms with Crippen molar-refractivity contribution in [2.24, 2.45) is 0 Å². The molecule has 2 heteroatoms. The SMILES string of the molecule is CCCCc1ccc(N2CCN3CCCCC3C2)cc1. The number of anilines is 1. The Balaban J connectivity index is 1.61. The Bertz CT molecular complexity index is 412. The Labute approximate surface area is 123 Å². The summed E-state index contributed by atoms with van der Waals surface area (Å²) in [6.07, 6.45) is 8.04. The lowest BCUT2D eigenvalue weighted by molar-refractivity contribution is 0.133. The first-order valence-corrected chi connectivity index (χ1v) is 8.45. The molecule has 0 aromatic heterocycles. The molecule has 1 unspecified atom stereocenters.